The molecule has 0 spiro atoms. The Morgan fingerprint density at radius 1 is 0.462 bits per heavy atom. The Labute approximate surface area is 159 Å². The average Bonchev–Trinajstić information content (AvgIpc) is 2.72. The molecule has 2 heterocycles. The van der Waals surface area contributed by atoms with Gasteiger partial charge in [-0.1, -0.05) is 73.5 Å². The van der Waals surface area contributed by atoms with Crippen LogP contribution in [-0.2, 0) is 13.1 Å². The molecular formula is C24H34N2. The highest BCUT2D eigenvalue weighted by Crippen LogP contribution is 2.13. The van der Waals surface area contributed by atoms with Gasteiger partial charge in [-0.2, -0.15) is 0 Å². The van der Waals surface area contributed by atoms with Crippen LogP contribution >= 0.6 is 0 Å². The quantitative estimate of drug-likeness (QED) is 0.734. The van der Waals surface area contributed by atoms with E-state index in [1.807, 2.05) is 0 Å². The topological polar surface area (TPSA) is 6.48 Å². The lowest BCUT2D eigenvalue weighted by molar-refractivity contribution is 0.221. The van der Waals surface area contributed by atoms with Crippen molar-refractivity contribution in [3.05, 3.63) is 71.8 Å². The predicted octanol–water partition coefficient (Wildman–Crippen LogP) is 5.35. The van der Waals surface area contributed by atoms with Gasteiger partial charge in [0.05, 0.1) is 0 Å². The van der Waals surface area contributed by atoms with Crippen molar-refractivity contribution in [2.75, 3.05) is 26.2 Å². The second-order valence-corrected chi connectivity index (χ2v) is 7.64. The van der Waals surface area contributed by atoms with Crippen LogP contribution in [0.15, 0.2) is 60.7 Å². The molecule has 0 N–H and O–H groups in total. The first-order chi connectivity index (χ1) is 12.9. The van der Waals surface area contributed by atoms with Gasteiger partial charge in [-0.25, -0.2) is 0 Å². The Hall–Kier alpha value is -1.64. The van der Waals surface area contributed by atoms with Crippen LogP contribution in [-0.4, -0.2) is 36.0 Å². The summed E-state index contributed by atoms with van der Waals surface area (Å²) in [5.74, 6) is 0. The molecule has 2 aliphatic rings. The van der Waals surface area contributed by atoms with E-state index in [4.69, 9.17) is 0 Å². The van der Waals surface area contributed by atoms with Gasteiger partial charge in [-0.15, -0.1) is 0 Å². The fraction of sp³-hybridized carbons (Fsp3) is 0.500. The van der Waals surface area contributed by atoms with Crippen LogP contribution in [0.4, 0.5) is 0 Å². The van der Waals surface area contributed by atoms with Gasteiger partial charge in [0.2, 0.25) is 0 Å². The van der Waals surface area contributed by atoms with Crippen molar-refractivity contribution in [3.8, 4) is 0 Å². The van der Waals surface area contributed by atoms with E-state index >= 15 is 0 Å². The third-order valence-corrected chi connectivity index (χ3v) is 5.40. The van der Waals surface area contributed by atoms with Crippen molar-refractivity contribution in [1.29, 1.82) is 0 Å². The first-order valence-corrected chi connectivity index (χ1v) is 10.4. The number of benzene rings is 2. The molecule has 2 nitrogen and oxygen atoms in total. The van der Waals surface area contributed by atoms with Crippen LogP contribution in [0.2, 0.25) is 0 Å². The summed E-state index contributed by atoms with van der Waals surface area (Å²) in [4.78, 5) is 5.11. The van der Waals surface area contributed by atoms with Crippen LogP contribution in [0.25, 0.3) is 0 Å². The van der Waals surface area contributed by atoms with Crippen LogP contribution in [0.5, 0.6) is 0 Å². The van der Waals surface area contributed by atoms with E-state index < -0.39 is 0 Å². The summed E-state index contributed by atoms with van der Waals surface area (Å²) < 4.78 is 0. The number of hydrogen-bond acceptors (Lipinski definition) is 2. The summed E-state index contributed by atoms with van der Waals surface area (Å²) in [6.45, 7) is 7.43. The van der Waals surface area contributed by atoms with Crippen molar-refractivity contribution < 1.29 is 0 Å². The number of piperidine rings is 2. The smallest absolute Gasteiger partial charge is 0.0233 e. The van der Waals surface area contributed by atoms with Gasteiger partial charge in [0.15, 0.2) is 0 Å². The molecule has 0 unspecified atom stereocenters. The van der Waals surface area contributed by atoms with E-state index in [0.29, 0.717) is 0 Å². The van der Waals surface area contributed by atoms with Crippen LogP contribution in [0.3, 0.4) is 0 Å². The van der Waals surface area contributed by atoms with Gasteiger partial charge >= 0.3 is 0 Å². The van der Waals surface area contributed by atoms with Crippen molar-refractivity contribution >= 4 is 0 Å². The van der Waals surface area contributed by atoms with Crippen LogP contribution < -0.4 is 0 Å². The molecule has 2 aliphatic heterocycles. The summed E-state index contributed by atoms with van der Waals surface area (Å²) in [6, 6.07) is 21.5. The van der Waals surface area contributed by atoms with Gasteiger partial charge < -0.3 is 0 Å². The number of likely N-dealkylation sites (tertiary alicyclic amines) is 2. The maximum absolute atomic E-state index is 2.55. The summed E-state index contributed by atoms with van der Waals surface area (Å²) >= 11 is 0. The lowest BCUT2D eigenvalue weighted by Gasteiger charge is -2.26. The van der Waals surface area contributed by atoms with E-state index in [0.717, 1.165) is 13.1 Å². The molecule has 0 atom stereocenters. The van der Waals surface area contributed by atoms with Gasteiger partial charge in [0.25, 0.3) is 0 Å². The molecule has 2 saturated heterocycles. The molecule has 0 radical (unpaired) electrons. The van der Waals surface area contributed by atoms with E-state index in [9.17, 15) is 0 Å². The fourth-order valence-corrected chi connectivity index (χ4v) is 3.92. The Morgan fingerprint density at radius 2 is 0.808 bits per heavy atom. The highest BCUT2D eigenvalue weighted by molar-refractivity contribution is 5.15. The zero-order chi connectivity index (χ0) is 17.9. The zero-order valence-corrected chi connectivity index (χ0v) is 16.2. The van der Waals surface area contributed by atoms with Crippen molar-refractivity contribution in [2.24, 2.45) is 0 Å². The monoisotopic (exact) mass is 350 g/mol. The molecule has 140 valence electrons. The minimum absolute atomic E-state index is 1.14. The molecule has 0 amide bonds. The maximum atomic E-state index is 2.55. The Kier molecular flexibility index (Phi) is 8.21. The molecule has 2 fully saturated rings. The highest BCUT2D eigenvalue weighted by Gasteiger charge is 2.10. The van der Waals surface area contributed by atoms with Gasteiger partial charge in [0, 0.05) is 13.1 Å². The molecule has 0 bridgehead atoms. The van der Waals surface area contributed by atoms with E-state index in [1.165, 1.54) is 75.8 Å². The van der Waals surface area contributed by atoms with Gasteiger partial charge in [-0.05, 0) is 63.0 Å². The maximum Gasteiger partial charge on any atom is 0.0233 e. The minimum atomic E-state index is 1.14. The summed E-state index contributed by atoms with van der Waals surface area (Å²) in [7, 11) is 0. The molecule has 0 aliphatic carbocycles. The van der Waals surface area contributed by atoms with E-state index in [1.54, 1.807) is 0 Å². The molecule has 0 saturated carbocycles. The largest absolute Gasteiger partial charge is 0.299 e. The minimum Gasteiger partial charge on any atom is -0.299 e. The third-order valence-electron chi connectivity index (χ3n) is 5.40. The second kappa shape index (κ2) is 11.2. The molecule has 26 heavy (non-hydrogen) atoms. The Bertz CT molecular complexity index is 529. The SMILES string of the molecule is c1ccc(CN2CCCCC2)cc1.c1ccc(CN2CCCCC2)cc1. The van der Waals surface area contributed by atoms with Gasteiger partial charge in [-0.3, -0.25) is 9.80 Å². The van der Waals surface area contributed by atoms with Crippen LogP contribution in [0, 0.1) is 0 Å². The Balaban J connectivity index is 0.000000151. The average molecular weight is 351 g/mol. The molecule has 2 aromatic carbocycles. The fourth-order valence-electron chi connectivity index (χ4n) is 3.92. The third kappa shape index (κ3) is 6.93. The summed E-state index contributed by atoms with van der Waals surface area (Å²) in [5, 5.41) is 0. The van der Waals surface area contributed by atoms with Crippen LogP contribution in [0.1, 0.15) is 49.7 Å². The van der Waals surface area contributed by atoms with Crippen molar-refractivity contribution in [2.45, 2.75) is 51.6 Å². The van der Waals surface area contributed by atoms with E-state index in [-0.39, 0.29) is 0 Å². The molecule has 4 rings (SSSR count). The van der Waals surface area contributed by atoms with Crippen molar-refractivity contribution in [3.63, 3.8) is 0 Å². The van der Waals surface area contributed by atoms with Gasteiger partial charge in [0.1, 0.15) is 0 Å². The summed E-state index contributed by atoms with van der Waals surface area (Å²) in [6.07, 6.45) is 8.37. The normalized spacial score (nSPS) is 18.8. The first-order valence-electron chi connectivity index (χ1n) is 10.4. The Morgan fingerprint density at radius 3 is 1.15 bits per heavy atom. The van der Waals surface area contributed by atoms with Crippen molar-refractivity contribution in [1.82, 2.24) is 9.80 Å². The molecule has 0 aromatic heterocycles. The number of rotatable bonds is 4. The lowest BCUT2D eigenvalue weighted by atomic mass is 10.1. The second-order valence-electron chi connectivity index (χ2n) is 7.64. The standard InChI is InChI=1S/2C12H17N/c2*1-3-7-12(8-4-1)11-13-9-5-2-6-10-13/h2*1,3-4,7-8H,2,5-6,9-11H2. The predicted molar refractivity (Wildman–Crippen MR) is 111 cm³/mol. The lowest BCUT2D eigenvalue weighted by Crippen LogP contribution is -2.28. The highest BCUT2D eigenvalue weighted by atomic mass is 15.1. The number of nitrogens with zero attached hydrogens (tertiary/aromatic N) is 2. The number of hydrogen-bond donors (Lipinski definition) is 0. The zero-order valence-electron chi connectivity index (χ0n) is 16.2. The first kappa shape index (κ1) is 19.1. The molecular weight excluding hydrogens is 316 g/mol. The molecule has 2 aromatic rings. The van der Waals surface area contributed by atoms with E-state index in [2.05, 4.69) is 70.5 Å². The molecule has 2 heteroatoms. The summed E-state index contributed by atoms with van der Waals surface area (Å²) in [5.41, 5.74) is 2.90.